The Morgan fingerprint density at radius 1 is 1.14 bits per heavy atom. The second-order valence-corrected chi connectivity index (χ2v) is 5.49. The van der Waals surface area contributed by atoms with Crippen LogP contribution in [0.15, 0.2) is 42.5 Å². The first kappa shape index (κ1) is 15.1. The Labute approximate surface area is 125 Å². The highest BCUT2D eigenvalue weighted by atomic mass is 16.5. The van der Waals surface area contributed by atoms with Gasteiger partial charge < -0.3 is 10.5 Å². The highest BCUT2D eigenvalue weighted by Crippen LogP contribution is 2.18. The average Bonchev–Trinajstić information content (AvgIpc) is 2.48. The number of esters is 1. The maximum absolute atomic E-state index is 12.1. The fraction of sp³-hybridized carbons (Fsp3) is 0.278. The van der Waals surface area contributed by atoms with Crippen molar-refractivity contribution in [3.05, 3.63) is 64.7 Å². The van der Waals surface area contributed by atoms with Crippen molar-refractivity contribution in [2.75, 3.05) is 5.73 Å². The fourth-order valence-electron chi connectivity index (χ4n) is 2.10. The number of anilines is 1. The number of hydrogen-bond donors (Lipinski definition) is 1. The van der Waals surface area contributed by atoms with Gasteiger partial charge in [0.05, 0.1) is 5.56 Å². The number of ether oxygens (including phenoxy) is 1. The Kier molecular flexibility index (Phi) is 4.63. The highest BCUT2D eigenvalue weighted by Gasteiger charge is 2.12. The Balaban J connectivity index is 2.02. The third kappa shape index (κ3) is 3.63. The molecule has 2 rings (SSSR count). The summed E-state index contributed by atoms with van der Waals surface area (Å²) in [4.78, 5) is 12.1. The molecular weight excluding hydrogens is 262 g/mol. The van der Waals surface area contributed by atoms with Crippen LogP contribution in [0.1, 0.15) is 46.8 Å². The zero-order chi connectivity index (χ0) is 15.4. The number of nitrogens with two attached hydrogens (primary N) is 1. The minimum atomic E-state index is -0.340. The van der Waals surface area contributed by atoms with Gasteiger partial charge in [-0.1, -0.05) is 44.2 Å². The van der Waals surface area contributed by atoms with Crippen molar-refractivity contribution >= 4 is 11.7 Å². The standard InChI is InChI=1S/C18H21NO2/c1-12(2)15-9-7-14(8-10-15)11-21-18(20)16-5-4-6-17(19)13(16)3/h4-10,12H,11,19H2,1-3H3. The lowest BCUT2D eigenvalue weighted by atomic mass is 10.0. The molecule has 0 unspecified atom stereocenters. The number of nitrogen functional groups attached to an aromatic ring is 1. The van der Waals surface area contributed by atoms with Gasteiger partial charge in [-0.25, -0.2) is 4.79 Å². The second kappa shape index (κ2) is 6.44. The summed E-state index contributed by atoms with van der Waals surface area (Å²) >= 11 is 0. The van der Waals surface area contributed by atoms with Crippen LogP contribution in [0.4, 0.5) is 5.69 Å². The largest absolute Gasteiger partial charge is 0.457 e. The van der Waals surface area contributed by atoms with E-state index in [2.05, 4.69) is 26.0 Å². The van der Waals surface area contributed by atoms with Crippen LogP contribution in [0.5, 0.6) is 0 Å². The van der Waals surface area contributed by atoms with E-state index in [4.69, 9.17) is 10.5 Å². The Morgan fingerprint density at radius 2 is 1.81 bits per heavy atom. The minimum Gasteiger partial charge on any atom is -0.457 e. The Hall–Kier alpha value is -2.29. The summed E-state index contributed by atoms with van der Waals surface area (Å²) in [6, 6.07) is 13.4. The first-order valence-electron chi connectivity index (χ1n) is 7.10. The number of carbonyl (C=O) groups excluding carboxylic acids is 1. The maximum atomic E-state index is 12.1. The summed E-state index contributed by atoms with van der Waals surface area (Å²) in [7, 11) is 0. The fourth-order valence-corrected chi connectivity index (χ4v) is 2.10. The number of benzene rings is 2. The lowest BCUT2D eigenvalue weighted by Crippen LogP contribution is -2.08. The molecule has 0 saturated carbocycles. The van der Waals surface area contributed by atoms with E-state index in [0.717, 1.165) is 11.1 Å². The quantitative estimate of drug-likeness (QED) is 0.680. The summed E-state index contributed by atoms with van der Waals surface area (Å²) in [5, 5.41) is 0. The van der Waals surface area contributed by atoms with Crippen LogP contribution in [0.3, 0.4) is 0 Å². The van der Waals surface area contributed by atoms with Crippen molar-refractivity contribution in [3.63, 3.8) is 0 Å². The third-order valence-corrected chi connectivity index (χ3v) is 3.61. The van der Waals surface area contributed by atoms with Gasteiger partial charge in [-0.3, -0.25) is 0 Å². The molecule has 0 radical (unpaired) electrons. The summed E-state index contributed by atoms with van der Waals surface area (Å²) in [6.07, 6.45) is 0. The number of rotatable bonds is 4. The van der Waals surface area contributed by atoms with E-state index in [0.29, 0.717) is 17.2 Å². The van der Waals surface area contributed by atoms with Crippen LogP contribution >= 0.6 is 0 Å². The van der Waals surface area contributed by atoms with Crippen LogP contribution < -0.4 is 5.73 Å². The molecule has 0 fully saturated rings. The molecule has 0 aliphatic heterocycles. The molecule has 0 aliphatic rings. The highest BCUT2D eigenvalue weighted by molar-refractivity contribution is 5.92. The summed E-state index contributed by atoms with van der Waals surface area (Å²) < 4.78 is 5.36. The van der Waals surface area contributed by atoms with Crippen LogP contribution in [0.2, 0.25) is 0 Å². The summed E-state index contributed by atoms with van der Waals surface area (Å²) in [5.41, 5.74) is 9.94. The third-order valence-electron chi connectivity index (χ3n) is 3.61. The number of hydrogen-bond acceptors (Lipinski definition) is 3. The monoisotopic (exact) mass is 283 g/mol. The van der Waals surface area contributed by atoms with Gasteiger partial charge in [0.2, 0.25) is 0 Å². The van der Waals surface area contributed by atoms with E-state index in [9.17, 15) is 4.79 Å². The molecule has 2 aromatic rings. The van der Waals surface area contributed by atoms with Crippen LogP contribution in [-0.2, 0) is 11.3 Å². The minimum absolute atomic E-state index is 0.269. The van der Waals surface area contributed by atoms with Crippen LogP contribution in [0, 0.1) is 6.92 Å². The molecule has 2 N–H and O–H groups in total. The van der Waals surface area contributed by atoms with E-state index in [1.807, 2.05) is 19.1 Å². The average molecular weight is 283 g/mol. The van der Waals surface area contributed by atoms with Crippen molar-refractivity contribution in [2.24, 2.45) is 0 Å². The molecule has 0 spiro atoms. The Morgan fingerprint density at radius 3 is 2.43 bits per heavy atom. The van der Waals surface area contributed by atoms with E-state index in [-0.39, 0.29) is 12.6 Å². The molecule has 0 amide bonds. The lowest BCUT2D eigenvalue weighted by Gasteiger charge is -2.10. The molecule has 0 bridgehead atoms. The first-order valence-corrected chi connectivity index (χ1v) is 7.10. The topological polar surface area (TPSA) is 52.3 Å². The van der Waals surface area contributed by atoms with Crippen molar-refractivity contribution < 1.29 is 9.53 Å². The SMILES string of the molecule is Cc1c(N)cccc1C(=O)OCc1ccc(C(C)C)cc1. The summed E-state index contributed by atoms with van der Waals surface area (Å²) in [6.45, 7) is 6.39. The maximum Gasteiger partial charge on any atom is 0.338 e. The summed E-state index contributed by atoms with van der Waals surface area (Å²) in [5.74, 6) is 0.157. The van der Waals surface area contributed by atoms with Crippen molar-refractivity contribution in [1.82, 2.24) is 0 Å². The van der Waals surface area contributed by atoms with Gasteiger partial charge in [0, 0.05) is 5.69 Å². The van der Waals surface area contributed by atoms with Gasteiger partial charge in [-0.2, -0.15) is 0 Å². The van der Waals surface area contributed by atoms with Gasteiger partial charge in [-0.15, -0.1) is 0 Å². The molecule has 0 saturated heterocycles. The van der Waals surface area contributed by atoms with Crippen molar-refractivity contribution in [3.8, 4) is 0 Å². The van der Waals surface area contributed by atoms with Crippen LogP contribution in [-0.4, -0.2) is 5.97 Å². The van der Waals surface area contributed by atoms with E-state index >= 15 is 0 Å². The number of carbonyl (C=O) groups is 1. The molecule has 2 aromatic carbocycles. The predicted octanol–water partition coefficient (Wildman–Crippen LogP) is 4.06. The van der Waals surface area contributed by atoms with E-state index in [1.165, 1.54) is 5.56 Å². The molecule has 0 atom stereocenters. The van der Waals surface area contributed by atoms with Gasteiger partial charge in [0.15, 0.2) is 0 Å². The molecule has 21 heavy (non-hydrogen) atoms. The lowest BCUT2D eigenvalue weighted by molar-refractivity contribution is 0.0472. The first-order chi connectivity index (χ1) is 9.99. The van der Waals surface area contributed by atoms with Gasteiger partial charge in [0.1, 0.15) is 6.61 Å². The normalized spacial score (nSPS) is 10.7. The molecule has 0 heterocycles. The van der Waals surface area contributed by atoms with Crippen LogP contribution in [0.25, 0.3) is 0 Å². The molecule has 110 valence electrons. The van der Waals surface area contributed by atoms with Crippen molar-refractivity contribution in [1.29, 1.82) is 0 Å². The van der Waals surface area contributed by atoms with E-state index in [1.54, 1.807) is 18.2 Å². The Bertz CT molecular complexity index is 630. The molecule has 3 nitrogen and oxygen atoms in total. The zero-order valence-corrected chi connectivity index (χ0v) is 12.7. The van der Waals surface area contributed by atoms with Gasteiger partial charge in [0.25, 0.3) is 0 Å². The molecular formula is C18H21NO2. The molecule has 3 heteroatoms. The zero-order valence-electron chi connectivity index (χ0n) is 12.7. The smallest absolute Gasteiger partial charge is 0.338 e. The van der Waals surface area contributed by atoms with Gasteiger partial charge >= 0.3 is 5.97 Å². The van der Waals surface area contributed by atoms with E-state index < -0.39 is 0 Å². The van der Waals surface area contributed by atoms with Crippen molar-refractivity contribution in [2.45, 2.75) is 33.3 Å². The molecule has 0 aromatic heterocycles. The predicted molar refractivity (Wildman–Crippen MR) is 85.2 cm³/mol. The molecule has 0 aliphatic carbocycles. The second-order valence-electron chi connectivity index (χ2n) is 5.49. The van der Waals surface area contributed by atoms with Gasteiger partial charge in [-0.05, 0) is 41.7 Å².